The lowest BCUT2D eigenvalue weighted by Gasteiger charge is -2.27. The monoisotopic (exact) mass is 274 g/mol. The van der Waals surface area contributed by atoms with Crippen molar-refractivity contribution in [3.05, 3.63) is 16.9 Å². The number of aromatic nitrogens is 2. The van der Waals surface area contributed by atoms with Crippen LogP contribution in [-0.2, 0) is 11.3 Å². The summed E-state index contributed by atoms with van der Waals surface area (Å²) in [6.45, 7) is 9.35. The molecule has 1 heterocycles. The van der Waals surface area contributed by atoms with Crippen molar-refractivity contribution < 1.29 is 9.84 Å². The number of hydrogen-bond acceptors (Lipinski definition) is 3. The van der Waals surface area contributed by atoms with E-state index < -0.39 is 6.10 Å². The summed E-state index contributed by atoms with van der Waals surface area (Å²) < 4.78 is 7.39. The summed E-state index contributed by atoms with van der Waals surface area (Å²) >= 11 is 6.13. The number of ether oxygens (including phenoxy) is 1. The highest BCUT2D eigenvalue weighted by molar-refractivity contribution is 6.31. The molecule has 0 aliphatic heterocycles. The van der Waals surface area contributed by atoms with Gasteiger partial charge in [0.15, 0.2) is 0 Å². The molecule has 18 heavy (non-hydrogen) atoms. The second kappa shape index (κ2) is 7.12. The third-order valence-electron chi connectivity index (χ3n) is 2.88. The van der Waals surface area contributed by atoms with Crippen LogP contribution in [0.4, 0.5) is 0 Å². The van der Waals surface area contributed by atoms with Crippen molar-refractivity contribution in [3.63, 3.8) is 0 Å². The fourth-order valence-electron chi connectivity index (χ4n) is 2.05. The topological polar surface area (TPSA) is 47.3 Å². The van der Waals surface area contributed by atoms with Gasteiger partial charge in [-0.1, -0.05) is 32.4 Å². The lowest BCUT2D eigenvalue weighted by Crippen LogP contribution is -2.29. The Morgan fingerprint density at radius 1 is 1.44 bits per heavy atom. The normalized spacial score (nSPS) is 15.1. The van der Waals surface area contributed by atoms with Crippen LogP contribution in [0.25, 0.3) is 0 Å². The molecule has 5 heteroatoms. The highest BCUT2D eigenvalue weighted by Gasteiger charge is 2.29. The molecule has 104 valence electrons. The van der Waals surface area contributed by atoms with E-state index in [2.05, 4.69) is 12.0 Å². The molecule has 4 nitrogen and oxygen atoms in total. The Morgan fingerprint density at radius 3 is 2.61 bits per heavy atom. The van der Waals surface area contributed by atoms with E-state index >= 15 is 0 Å². The molecular formula is C13H23ClN2O2. The van der Waals surface area contributed by atoms with Gasteiger partial charge in [0.05, 0.1) is 23.0 Å². The Labute approximate surface area is 114 Å². The van der Waals surface area contributed by atoms with Gasteiger partial charge in [-0.25, -0.2) is 0 Å². The number of nitrogens with zero attached hydrogens (tertiary/aromatic N) is 2. The second-order valence-corrected chi connectivity index (χ2v) is 5.12. The van der Waals surface area contributed by atoms with Crippen molar-refractivity contribution in [2.45, 2.75) is 52.9 Å². The van der Waals surface area contributed by atoms with Gasteiger partial charge in [-0.3, -0.25) is 4.68 Å². The van der Waals surface area contributed by atoms with Crippen LogP contribution in [0, 0.1) is 5.92 Å². The highest BCUT2D eigenvalue weighted by Crippen LogP contribution is 2.30. The third kappa shape index (κ3) is 3.46. The van der Waals surface area contributed by atoms with Gasteiger partial charge in [-0.15, -0.1) is 0 Å². The number of aliphatic hydroxyl groups excluding tert-OH is 1. The van der Waals surface area contributed by atoms with E-state index in [4.69, 9.17) is 16.3 Å². The molecule has 0 radical (unpaired) electrons. The van der Waals surface area contributed by atoms with E-state index in [0.29, 0.717) is 17.3 Å². The summed E-state index contributed by atoms with van der Waals surface area (Å²) in [5.41, 5.74) is 0.658. The van der Waals surface area contributed by atoms with Crippen LogP contribution in [0.2, 0.25) is 5.02 Å². The average molecular weight is 275 g/mol. The van der Waals surface area contributed by atoms with E-state index in [0.717, 1.165) is 13.0 Å². The first kappa shape index (κ1) is 15.5. The lowest BCUT2D eigenvalue weighted by molar-refractivity contribution is -0.0617. The van der Waals surface area contributed by atoms with Crippen LogP contribution >= 0.6 is 11.6 Å². The summed E-state index contributed by atoms with van der Waals surface area (Å²) in [4.78, 5) is 0. The SMILES string of the molecule is CCCn1ncc(Cl)c1C(O)C(OCC)C(C)C. The average Bonchev–Trinajstić information content (AvgIpc) is 2.67. The molecule has 0 amide bonds. The Hall–Kier alpha value is -0.580. The van der Waals surface area contributed by atoms with Crippen LogP contribution < -0.4 is 0 Å². The number of hydrogen-bond donors (Lipinski definition) is 1. The molecular weight excluding hydrogens is 252 g/mol. The summed E-state index contributed by atoms with van der Waals surface area (Å²) in [5.74, 6) is 0.209. The molecule has 1 aromatic rings. The van der Waals surface area contributed by atoms with Crippen molar-refractivity contribution >= 4 is 11.6 Å². The summed E-state index contributed by atoms with van der Waals surface area (Å²) in [6.07, 6.45) is 1.52. The van der Waals surface area contributed by atoms with Crippen molar-refractivity contribution in [1.82, 2.24) is 9.78 Å². The fourth-order valence-corrected chi connectivity index (χ4v) is 2.31. The smallest absolute Gasteiger partial charge is 0.123 e. The van der Waals surface area contributed by atoms with Crippen LogP contribution in [0.5, 0.6) is 0 Å². The maximum absolute atomic E-state index is 10.5. The summed E-state index contributed by atoms with van der Waals surface area (Å²) in [7, 11) is 0. The Morgan fingerprint density at radius 2 is 2.11 bits per heavy atom. The summed E-state index contributed by atoms with van der Waals surface area (Å²) in [6, 6.07) is 0. The first-order valence-corrected chi connectivity index (χ1v) is 6.91. The van der Waals surface area contributed by atoms with Gasteiger partial charge < -0.3 is 9.84 Å². The number of aryl methyl sites for hydroxylation is 1. The number of rotatable bonds is 7. The fraction of sp³-hybridized carbons (Fsp3) is 0.769. The van der Waals surface area contributed by atoms with Gasteiger partial charge in [-0.05, 0) is 19.3 Å². The van der Waals surface area contributed by atoms with E-state index in [1.165, 1.54) is 0 Å². The number of aliphatic hydroxyl groups is 1. The molecule has 1 N–H and O–H groups in total. The standard InChI is InChI=1S/C13H23ClN2O2/c1-5-7-16-11(10(14)8-15-16)12(17)13(9(3)4)18-6-2/h8-9,12-13,17H,5-7H2,1-4H3. The molecule has 2 unspecified atom stereocenters. The molecule has 0 saturated heterocycles. The van der Waals surface area contributed by atoms with Crippen LogP contribution in [-0.4, -0.2) is 27.6 Å². The van der Waals surface area contributed by atoms with Gasteiger partial charge in [0, 0.05) is 13.2 Å². The van der Waals surface area contributed by atoms with Crippen molar-refractivity contribution in [2.75, 3.05) is 6.61 Å². The molecule has 1 rings (SSSR count). The molecule has 0 bridgehead atoms. The van der Waals surface area contributed by atoms with Crippen molar-refractivity contribution in [3.8, 4) is 0 Å². The van der Waals surface area contributed by atoms with Crippen LogP contribution in [0.3, 0.4) is 0 Å². The maximum atomic E-state index is 10.5. The Balaban J connectivity index is 2.99. The molecule has 2 atom stereocenters. The van der Waals surface area contributed by atoms with Gasteiger partial charge in [-0.2, -0.15) is 5.10 Å². The highest BCUT2D eigenvalue weighted by atomic mass is 35.5. The molecule has 0 spiro atoms. The van der Waals surface area contributed by atoms with Crippen molar-refractivity contribution in [1.29, 1.82) is 0 Å². The minimum absolute atomic E-state index is 0.209. The van der Waals surface area contributed by atoms with Crippen LogP contribution in [0.15, 0.2) is 6.20 Å². The van der Waals surface area contributed by atoms with Gasteiger partial charge in [0.1, 0.15) is 6.10 Å². The molecule has 0 aromatic carbocycles. The quantitative estimate of drug-likeness (QED) is 0.831. The molecule has 0 fully saturated rings. The van der Waals surface area contributed by atoms with E-state index in [1.807, 2.05) is 20.8 Å². The predicted molar refractivity (Wildman–Crippen MR) is 72.7 cm³/mol. The van der Waals surface area contributed by atoms with Crippen LogP contribution in [0.1, 0.15) is 45.9 Å². The zero-order valence-electron chi connectivity index (χ0n) is 11.6. The second-order valence-electron chi connectivity index (χ2n) is 4.71. The predicted octanol–water partition coefficient (Wildman–Crippen LogP) is 3.04. The maximum Gasteiger partial charge on any atom is 0.123 e. The molecule has 0 aliphatic rings. The van der Waals surface area contributed by atoms with E-state index in [9.17, 15) is 5.11 Å². The van der Waals surface area contributed by atoms with Gasteiger partial charge >= 0.3 is 0 Å². The molecule has 0 aliphatic carbocycles. The first-order chi connectivity index (χ1) is 8.52. The molecule has 0 saturated carbocycles. The first-order valence-electron chi connectivity index (χ1n) is 6.53. The van der Waals surface area contributed by atoms with Crippen molar-refractivity contribution in [2.24, 2.45) is 5.92 Å². The van der Waals surface area contributed by atoms with E-state index in [1.54, 1.807) is 10.9 Å². The Bertz CT molecular complexity index is 366. The minimum Gasteiger partial charge on any atom is -0.384 e. The minimum atomic E-state index is -0.744. The van der Waals surface area contributed by atoms with E-state index in [-0.39, 0.29) is 12.0 Å². The Kier molecular flexibility index (Phi) is 6.12. The third-order valence-corrected chi connectivity index (χ3v) is 3.17. The largest absolute Gasteiger partial charge is 0.384 e. The lowest BCUT2D eigenvalue weighted by atomic mass is 9.99. The van der Waals surface area contributed by atoms with Gasteiger partial charge in [0.2, 0.25) is 0 Å². The summed E-state index contributed by atoms with van der Waals surface area (Å²) in [5, 5.41) is 15.2. The van der Waals surface area contributed by atoms with Gasteiger partial charge in [0.25, 0.3) is 0 Å². The number of halogens is 1. The zero-order chi connectivity index (χ0) is 13.7. The molecule has 1 aromatic heterocycles. The zero-order valence-corrected chi connectivity index (χ0v) is 12.3.